The zero-order valence-electron chi connectivity index (χ0n) is 16.5. The second-order valence-electron chi connectivity index (χ2n) is 7.18. The van der Waals surface area contributed by atoms with Gasteiger partial charge in [0.05, 0.1) is 25.1 Å². The highest BCUT2D eigenvalue weighted by molar-refractivity contribution is 5.90. The molecule has 6 heteroatoms. The number of aromatic nitrogens is 1. The summed E-state index contributed by atoms with van der Waals surface area (Å²) in [6.45, 7) is 2.94. The van der Waals surface area contributed by atoms with Crippen LogP contribution in [0.2, 0.25) is 0 Å². The summed E-state index contributed by atoms with van der Waals surface area (Å²) in [4.78, 5) is 33.2. The van der Waals surface area contributed by atoms with Crippen molar-refractivity contribution in [2.45, 2.75) is 25.3 Å². The molecule has 3 rings (SSSR count). The minimum absolute atomic E-state index is 0.00932. The zero-order chi connectivity index (χ0) is 19.9. The monoisotopic (exact) mass is 381 g/mol. The molecule has 1 aliphatic heterocycles. The lowest BCUT2D eigenvalue weighted by Gasteiger charge is -2.32. The van der Waals surface area contributed by atoms with Crippen molar-refractivity contribution in [1.29, 1.82) is 0 Å². The molecule has 0 saturated carbocycles. The van der Waals surface area contributed by atoms with E-state index in [1.54, 1.807) is 29.3 Å². The number of likely N-dealkylation sites (tertiary alicyclic amines) is 1. The minimum Gasteiger partial charge on any atom is -0.465 e. The van der Waals surface area contributed by atoms with Crippen molar-refractivity contribution in [3.05, 3.63) is 65.5 Å². The summed E-state index contributed by atoms with van der Waals surface area (Å²) in [5.74, 6) is -0.389. The van der Waals surface area contributed by atoms with Gasteiger partial charge in [0.15, 0.2) is 0 Å². The Bertz CT molecular complexity index is 804. The fraction of sp³-hybridized carbons (Fsp3) is 0.409. The summed E-state index contributed by atoms with van der Waals surface area (Å²) < 4.78 is 4.77. The first kappa shape index (κ1) is 20.0. The van der Waals surface area contributed by atoms with Gasteiger partial charge in [-0.3, -0.25) is 9.78 Å². The van der Waals surface area contributed by atoms with E-state index in [1.165, 1.54) is 20.0 Å². The smallest absolute Gasteiger partial charge is 0.337 e. The van der Waals surface area contributed by atoms with Crippen LogP contribution in [0.15, 0.2) is 48.8 Å². The zero-order valence-corrected chi connectivity index (χ0v) is 16.5. The van der Waals surface area contributed by atoms with Gasteiger partial charge in [-0.2, -0.15) is 0 Å². The van der Waals surface area contributed by atoms with Gasteiger partial charge in [-0.1, -0.05) is 18.2 Å². The Morgan fingerprint density at radius 2 is 2.00 bits per heavy atom. The van der Waals surface area contributed by atoms with E-state index in [-0.39, 0.29) is 18.4 Å². The Morgan fingerprint density at radius 3 is 2.68 bits per heavy atom. The molecule has 148 valence electrons. The van der Waals surface area contributed by atoms with Gasteiger partial charge < -0.3 is 14.5 Å². The number of amides is 1. The fourth-order valence-corrected chi connectivity index (χ4v) is 3.63. The van der Waals surface area contributed by atoms with E-state index in [4.69, 9.17) is 4.74 Å². The Hall–Kier alpha value is -2.73. The van der Waals surface area contributed by atoms with Crippen LogP contribution in [-0.2, 0) is 16.0 Å². The normalized spacial score (nSPS) is 15.2. The average Bonchev–Trinajstić information content (AvgIpc) is 3.25. The van der Waals surface area contributed by atoms with Crippen LogP contribution >= 0.6 is 0 Å². The first-order valence-electron chi connectivity index (χ1n) is 9.63. The number of pyridine rings is 1. The summed E-state index contributed by atoms with van der Waals surface area (Å²) >= 11 is 0. The molecule has 28 heavy (non-hydrogen) atoms. The molecule has 2 aromatic rings. The average molecular weight is 381 g/mol. The highest BCUT2D eigenvalue weighted by Crippen LogP contribution is 2.23. The fourth-order valence-electron chi connectivity index (χ4n) is 3.63. The molecule has 1 aliphatic rings. The first-order valence-corrected chi connectivity index (χ1v) is 9.63. The summed E-state index contributed by atoms with van der Waals surface area (Å²) in [5.41, 5.74) is 2.29. The van der Waals surface area contributed by atoms with E-state index in [1.807, 2.05) is 31.4 Å². The minimum atomic E-state index is -0.398. The van der Waals surface area contributed by atoms with Crippen LogP contribution < -0.4 is 0 Å². The Kier molecular flexibility index (Phi) is 6.76. The number of carbonyl (C=O) groups excluding carboxylic acids is 2. The van der Waals surface area contributed by atoms with Crippen molar-refractivity contribution in [3.8, 4) is 0 Å². The highest BCUT2D eigenvalue weighted by Gasteiger charge is 2.26. The number of likely N-dealkylation sites (N-methyl/N-ethyl adjacent to an activating group) is 1. The second-order valence-corrected chi connectivity index (χ2v) is 7.18. The van der Waals surface area contributed by atoms with Gasteiger partial charge in [-0.25, -0.2) is 4.79 Å². The maximum atomic E-state index is 13.0. The maximum Gasteiger partial charge on any atom is 0.337 e. The van der Waals surface area contributed by atoms with Crippen LogP contribution in [0.4, 0.5) is 0 Å². The molecule has 1 aromatic heterocycles. The summed E-state index contributed by atoms with van der Waals surface area (Å²) in [6.07, 6.45) is 6.23. The van der Waals surface area contributed by atoms with Crippen molar-refractivity contribution in [1.82, 2.24) is 14.8 Å². The number of carbonyl (C=O) groups is 2. The summed E-state index contributed by atoms with van der Waals surface area (Å²) in [7, 11) is 3.20. The SMILES string of the molecule is COC(=O)c1cccc(CC(=O)N(C)C(CN2CCCC2)c2cccnc2)c1. The van der Waals surface area contributed by atoms with Crippen LogP contribution in [0.3, 0.4) is 0 Å². The number of benzene rings is 1. The molecule has 0 spiro atoms. The number of esters is 1. The van der Waals surface area contributed by atoms with Crippen LogP contribution in [0.5, 0.6) is 0 Å². The topological polar surface area (TPSA) is 62.7 Å². The van der Waals surface area contributed by atoms with Crippen LogP contribution in [0, 0.1) is 0 Å². The molecule has 0 bridgehead atoms. The Morgan fingerprint density at radius 1 is 1.21 bits per heavy atom. The summed E-state index contributed by atoms with van der Waals surface area (Å²) in [6, 6.07) is 10.9. The van der Waals surface area contributed by atoms with E-state index in [0.29, 0.717) is 5.56 Å². The van der Waals surface area contributed by atoms with Gasteiger partial charge in [0.2, 0.25) is 5.91 Å². The van der Waals surface area contributed by atoms with Gasteiger partial charge in [0.25, 0.3) is 0 Å². The number of hydrogen-bond acceptors (Lipinski definition) is 5. The van der Waals surface area contributed by atoms with E-state index in [9.17, 15) is 9.59 Å². The van der Waals surface area contributed by atoms with Crippen LogP contribution in [-0.4, -0.2) is 60.5 Å². The number of methoxy groups -OCH3 is 1. The third kappa shape index (κ3) is 4.95. The van der Waals surface area contributed by atoms with Gasteiger partial charge >= 0.3 is 5.97 Å². The third-order valence-corrected chi connectivity index (χ3v) is 5.26. The molecule has 0 radical (unpaired) electrons. The van der Waals surface area contributed by atoms with Crippen LogP contribution in [0.25, 0.3) is 0 Å². The molecule has 1 amide bonds. The van der Waals surface area contributed by atoms with Crippen LogP contribution in [0.1, 0.15) is 40.4 Å². The predicted octanol–water partition coefficient (Wildman–Crippen LogP) is 2.71. The second kappa shape index (κ2) is 9.46. The lowest BCUT2D eigenvalue weighted by atomic mass is 10.0. The quantitative estimate of drug-likeness (QED) is 0.690. The molecule has 1 fully saturated rings. The predicted molar refractivity (Wildman–Crippen MR) is 107 cm³/mol. The molecule has 6 nitrogen and oxygen atoms in total. The molecule has 1 saturated heterocycles. The standard InChI is InChI=1S/C22H27N3O3/c1-24(21(26)14-17-7-5-8-18(13-17)22(27)28-2)20(16-25-11-3-4-12-25)19-9-6-10-23-15-19/h5-10,13,15,20H,3-4,11-12,14,16H2,1-2H3. The molecule has 1 unspecified atom stereocenters. The third-order valence-electron chi connectivity index (χ3n) is 5.26. The number of ether oxygens (including phenoxy) is 1. The Balaban J connectivity index is 1.75. The van der Waals surface area contributed by atoms with Crippen molar-refractivity contribution >= 4 is 11.9 Å². The van der Waals surface area contributed by atoms with Gasteiger partial charge in [-0.15, -0.1) is 0 Å². The lowest BCUT2D eigenvalue weighted by Crippen LogP contribution is -2.39. The largest absolute Gasteiger partial charge is 0.465 e. The maximum absolute atomic E-state index is 13.0. The summed E-state index contributed by atoms with van der Waals surface area (Å²) in [5, 5.41) is 0. The molecule has 1 atom stereocenters. The van der Waals surface area contributed by atoms with E-state index < -0.39 is 5.97 Å². The van der Waals surface area contributed by atoms with Crippen molar-refractivity contribution in [3.63, 3.8) is 0 Å². The molecular formula is C22H27N3O3. The Labute approximate surface area is 166 Å². The number of nitrogens with zero attached hydrogens (tertiary/aromatic N) is 3. The van der Waals surface area contributed by atoms with Crippen molar-refractivity contribution < 1.29 is 14.3 Å². The van der Waals surface area contributed by atoms with Gasteiger partial charge in [-0.05, 0) is 55.3 Å². The first-order chi connectivity index (χ1) is 13.6. The molecule has 2 heterocycles. The number of hydrogen-bond donors (Lipinski definition) is 0. The molecule has 0 aliphatic carbocycles. The van der Waals surface area contributed by atoms with E-state index in [2.05, 4.69) is 9.88 Å². The van der Waals surface area contributed by atoms with E-state index >= 15 is 0 Å². The molecule has 1 aromatic carbocycles. The molecule has 0 N–H and O–H groups in total. The lowest BCUT2D eigenvalue weighted by molar-refractivity contribution is -0.131. The molecular weight excluding hydrogens is 354 g/mol. The van der Waals surface area contributed by atoms with E-state index in [0.717, 1.165) is 30.8 Å². The number of rotatable bonds is 7. The van der Waals surface area contributed by atoms with Gasteiger partial charge in [0, 0.05) is 26.0 Å². The van der Waals surface area contributed by atoms with Crippen molar-refractivity contribution in [2.24, 2.45) is 0 Å². The van der Waals surface area contributed by atoms with Gasteiger partial charge in [0.1, 0.15) is 0 Å². The highest BCUT2D eigenvalue weighted by atomic mass is 16.5. The van der Waals surface area contributed by atoms with Crippen molar-refractivity contribution in [2.75, 3.05) is 33.8 Å².